The number of thiophene rings is 2. The van der Waals surface area contributed by atoms with Crippen LogP contribution in [0, 0.1) is 13.8 Å². The van der Waals surface area contributed by atoms with Crippen molar-refractivity contribution in [2.75, 3.05) is 31.6 Å². The third-order valence-electron chi connectivity index (χ3n) is 5.19. The molecule has 1 aliphatic rings. The van der Waals surface area contributed by atoms with Gasteiger partial charge in [0.1, 0.15) is 5.00 Å². The van der Waals surface area contributed by atoms with Crippen molar-refractivity contribution >= 4 is 33.6 Å². The Kier molecular flexibility index (Phi) is 5.92. The van der Waals surface area contributed by atoms with Crippen LogP contribution in [0.5, 0.6) is 0 Å². The second-order valence-corrected chi connectivity index (χ2v) is 9.12. The number of anilines is 1. The lowest BCUT2D eigenvalue weighted by Gasteiger charge is -2.35. The maximum atomic E-state index is 12.8. The fourth-order valence-corrected chi connectivity index (χ4v) is 5.57. The Morgan fingerprint density at radius 3 is 2.54 bits per heavy atom. The van der Waals surface area contributed by atoms with Crippen molar-refractivity contribution in [1.29, 1.82) is 0 Å². The minimum Gasteiger partial charge on any atom is -0.379 e. The average molecular weight is 413 g/mol. The van der Waals surface area contributed by atoms with Gasteiger partial charge in [0.25, 0.3) is 5.91 Å². The van der Waals surface area contributed by atoms with Gasteiger partial charge in [-0.1, -0.05) is 24.3 Å². The molecular weight excluding hydrogens is 388 g/mol. The summed E-state index contributed by atoms with van der Waals surface area (Å²) < 4.78 is 5.59. The summed E-state index contributed by atoms with van der Waals surface area (Å²) in [4.78, 5) is 17.9. The van der Waals surface area contributed by atoms with Gasteiger partial charge in [0.2, 0.25) is 0 Å². The number of hydrogen-bond donors (Lipinski definition) is 1. The van der Waals surface area contributed by atoms with Gasteiger partial charge in [0.15, 0.2) is 0 Å². The molecule has 0 spiro atoms. The van der Waals surface area contributed by atoms with Crippen molar-refractivity contribution < 1.29 is 9.53 Å². The first-order chi connectivity index (χ1) is 13.6. The Hall–Kier alpha value is -1.99. The molecule has 1 N–H and O–H groups in total. The van der Waals surface area contributed by atoms with E-state index in [4.69, 9.17) is 4.74 Å². The van der Waals surface area contributed by atoms with Gasteiger partial charge < -0.3 is 10.1 Å². The third kappa shape index (κ3) is 3.91. The molecule has 1 amide bonds. The molecule has 4 rings (SSSR count). The first-order valence-electron chi connectivity index (χ1n) is 9.46. The number of amides is 1. The zero-order valence-corrected chi connectivity index (χ0v) is 17.7. The van der Waals surface area contributed by atoms with Crippen LogP contribution in [0.4, 0.5) is 5.00 Å². The monoisotopic (exact) mass is 412 g/mol. The third-order valence-corrected chi connectivity index (χ3v) is 7.26. The highest BCUT2D eigenvalue weighted by Gasteiger charge is 2.31. The Balaban J connectivity index is 1.73. The van der Waals surface area contributed by atoms with Crippen LogP contribution in [0.25, 0.3) is 0 Å². The van der Waals surface area contributed by atoms with Crippen LogP contribution < -0.4 is 5.32 Å². The minimum absolute atomic E-state index is 0.0602. The molecule has 1 aromatic carbocycles. The summed E-state index contributed by atoms with van der Waals surface area (Å²) in [6, 6.07) is 13.8. The molecule has 146 valence electrons. The molecule has 0 saturated carbocycles. The van der Waals surface area contributed by atoms with E-state index in [1.165, 1.54) is 20.9 Å². The average Bonchev–Trinajstić information content (AvgIpc) is 3.34. The summed E-state index contributed by atoms with van der Waals surface area (Å²) in [5.41, 5.74) is 3.16. The highest BCUT2D eigenvalue weighted by molar-refractivity contribution is 7.16. The Morgan fingerprint density at radius 2 is 1.86 bits per heavy atom. The number of rotatable bonds is 5. The number of nitrogens with one attached hydrogen (secondary N) is 1. The van der Waals surface area contributed by atoms with E-state index in [-0.39, 0.29) is 11.9 Å². The highest BCUT2D eigenvalue weighted by atomic mass is 32.1. The topological polar surface area (TPSA) is 41.6 Å². The fraction of sp³-hybridized carbons (Fsp3) is 0.318. The second kappa shape index (κ2) is 8.57. The predicted octanol–water partition coefficient (Wildman–Crippen LogP) is 5.10. The van der Waals surface area contributed by atoms with Crippen LogP contribution in [-0.4, -0.2) is 37.1 Å². The lowest BCUT2D eigenvalue weighted by atomic mass is 10.00. The summed E-state index contributed by atoms with van der Waals surface area (Å²) in [5.74, 6) is -0.0602. The predicted molar refractivity (Wildman–Crippen MR) is 117 cm³/mol. The van der Waals surface area contributed by atoms with Gasteiger partial charge in [-0.3, -0.25) is 9.69 Å². The van der Waals surface area contributed by atoms with Crippen molar-refractivity contribution in [3.05, 3.63) is 74.3 Å². The SMILES string of the molecule is Cc1sc(NC(=O)c2ccccc2)c([C@@H](c2cccs2)N2CCOCC2)c1C. The molecule has 1 fully saturated rings. The maximum Gasteiger partial charge on any atom is 0.256 e. The lowest BCUT2D eigenvalue weighted by molar-refractivity contribution is 0.0246. The second-order valence-electron chi connectivity index (χ2n) is 6.91. The zero-order chi connectivity index (χ0) is 19.5. The van der Waals surface area contributed by atoms with Crippen molar-refractivity contribution in [3.63, 3.8) is 0 Å². The van der Waals surface area contributed by atoms with Gasteiger partial charge in [-0.15, -0.1) is 22.7 Å². The number of ether oxygens (including phenoxy) is 1. The van der Waals surface area contributed by atoms with Crippen molar-refractivity contribution in [1.82, 2.24) is 4.90 Å². The van der Waals surface area contributed by atoms with E-state index < -0.39 is 0 Å². The molecule has 0 aliphatic carbocycles. The molecule has 0 radical (unpaired) electrons. The van der Waals surface area contributed by atoms with E-state index in [9.17, 15) is 4.79 Å². The smallest absolute Gasteiger partial charge is 0.256 e. The van der Waals surface area contributed by atoms with Gasteiger partial charge in [-0.05, 0) is 43.0 Å². The minimum atomic E-state index is -0.0602. The van der Waals surface area contributed by atoms with Crippen LogP contribution in [0.2, 0.25) is 0 Å². The van der Waals surface area contributed by atoms with Gasteiger partial charge in [-0.25, -0.2) is 0 Å². The molecule has 3 heterocycles. The summed E-state index contributed by atoms with van der Waals surface area (Å²) in [5, 5.41) is 6.27. The van der Waals surface area contributed by atoms with Gasteiger partial charge in [0.05, 0.1) is 19.3 Å². The van der Waals surface area contributed by atoms with E-state index in [2.05, 4.69) is 41.6 Å². The molecule has 1 atom stereocenters. The zero-order valence-electron chi connectivity index (χ0n) is 16.1. The van der Waals surface area contributed by atoms with Crippen molar-refractivity contribution in [2.24, 2.45) is 0 Å². The molecule has 0 bridgehead atoms. The summed E-state index contributed by atoms with van der Waals surface area (Å²) >= 11 is 3.44. The molecule has 2 aromatic heterocycles. The van der Waals surface area contributed by atoms with Crippen LogP contribution in [0.3, 0.4) is 0 Å². The van der Waals surface area contributed by atoms with E-state index >= 15 is 0 Å². The molecular formula is C22H24N2O2S2. The van der Waals surface area contributed by atoms with Crippen molar-refractivity contribution in [2.45, 2.75) is 19.9 Å². The number of carbonyl (C=O) groups excluding carboxylic acids is 1. The number of hydrogen-bond acceptors (Lipinski definition) is 5. The van der Waals surface area contributed by atoms with E-state index in [1.54, 1.807) is 22.7 Å². The molecule has 0 unspecified atom stereocenters. The van der Waals surface area contributed by atoms with Gasteiger partial charge in [-0.2, -0.15) is 0 Å². The Bertz CT molecular complexity index is 929. The van der Waals surface area contributed by atoms with Crippen LogP contribution in [-0.2, 0) is 4.74 Å². The van der Waals surface area contributed by atoms with E-state index in [0.717, 1.165) is 31.3 Å². The van der Waals surface area contributed by atoms with Crippen LogP contribution in [0.1, 0.15) is 37.3 Å². The quantitative estimate of drug-likeness (QED) is 0.634. The van der Waals surface area contributed by atoms with Gasteiger partial charge >= 0.3 is 0 Å². The lowest BCUT2D eigenvalue weighted by Crippen LogP contribution is -2.39. The summed E-state index contributed by atoms with van der Waals surface area (Å²) in [7, 11) is 0. The number of aryl methyl sites for hydroxylation is 1. The number of nitrogens with zero attached hydrogens (tertiary/aromatic N) is 1. The summed E-state index contributed by atoms with van der Waals surface area (Å²) in [6.45, 7) is 7.57. The molecule has 28 heavy (non-hydrogen) atoms. The molecule has 1 saturated heterocycles. The number of morpholine rings is 1. The molecule has 4 nitrogen and oxygen atoms in total. The first kappa shape index (κ1) is 19.3. The van der Waals surface area contributed by atoms with Crippen LogP contribution in [0.15, 0.2) is 47.8 Å². The van der Waals surface area contributed by atoms with E-state index in [0.29, 0.717) is 5.56 Å². The van der Waals surface area contributed by atoms with Crippen LogP contribution >= 0.6 is 22.7 Å². The highest BCUT2D eigenvalue weighted by Crippen LogP contribution is 2.43. The normalized spacial score (nSPS) is 16.1. The standard InChI is InChI=1S/C22H24N2O2S2/c1-15-16(2)28-22(23-21(25)17-7-4-3-5-8-17)19(15)20(18-9-6-14-27-18)24-10-12-26-13-11-24/h3-9,14,20H,10-13H2,1-2H3,(H,23,25)/t20-/m1/s1. The van der Waals surface area contributed by atoms with E-state index in [1.807, 2.05) is 30.3 Å². The first-order valence-corrected chi connectivity index (χ1v) is 11.2. The molecule has 1 aliphatic heterocycles. The molecule has 6 heteroatoms. The fourth-order valence-electron chi connectivity index (χ4n) is 3.62. The van der Waals surface area contributed by atoms with Crippen molar-refractivity contribution in [3.8, 4) is 0 Å². The summed E-state index contributed by atoms with van der Waals surface area (Å²) in [6.07, 6.45) is 0. The number of carbonyl (C=O) groups is 1. The molecule has 3 aromatic rings. The van der Waals surface area contributed by atoms with Gasteiger partial charge in [0, 0.05) is 34.0 Å². The Labute approximate surface area is 173 Å². The number of benzene rings is 1. The Morgan fingerprint density at radius 1 is 1.11 bits per heavy atom. The maximum absolute atomic E-state index is 12.8. The largest absolute Gasteiger partial charge is 0.379 e.